The van der Waals surface area contributed by atoms with E-state index in [1.165, 1.54) is 10.4 Å². The van der Waals surface area contributed by atoms with Crippen LogP contribution in [0.3, 0.4) is 0 Å². The number of nitrogens with one attached hydrogen (secondary N) is 1. The van der Waals surface area contributed by atoms with E-state index < -0.39 is 0 Å². The van der Waals surface area contributed by atoms with E-state index in [9.17, 15) is 4.79 Å². The average Bonchev–Trinajstić information content (AvgIpc) is 2.86. The molecule has 2 heterocycles. The fraction of sp³-hybridized carbons (Fsp3) is 0.250. The van der Waals surface area contributed by atoms with Gasteiger partial charge in [-0.1, -0.05) is 0 Å². The topological polar surface area (TPSA) is 42.2 Å². The van der Waals surface area contributed by atoms with E-state index >= 15 is 0 Å². The van der Waals surface area contributed by atoms with Crippen LogP contribution in [0.2, 0.25) is 0 Å². The predicted octanol–water partition coefficient (Wildman–Crippen LogP) is 3.65. The summed E-state index contributed by atoms with van der Waals surface area (Å²) in [6.07, 6.45) is 0. The van der Waals surface area contributed by atoms with Gasteiger partial charge in [-0.3, -0.25) is 4.79 Å². The lowest BCUT2D eigenvalue weighted by molar-refractivity contribution is 0.0922. The van der Waals surface area contributed by atoms with Gasteiger partial charge in [0, 0.05) is 11.4 Å². The minimum atomic E-state index is -0.195. The van der Waals surface area contributed by atoms with Crippen LogP contribution in [0.5, 0.6) is 0 Å². The van der Waals surface area contributed by atoms with Crippen LogP contribution >= 0.6 is 27.3 Å². The number of halogens is 1. The van der Waals surface area contributed by atoms with E-state index in [4.69, 9.17) is 4.42 Å². The van der Waals surface area contributed by atoms with Crippen LogP contribution in [-0.2, 0) is 6.54 Å². The molecule has 90 valence electrons. The first-order valence-electron chi connectivity index (χ1n) is 5.15. The lowest BCUT2D eigenvalue weighted by Crippen LogP contribution is -2.22. The number of rotatable bonds is 3. The number of furan rings is 1. The first-order chi connectivity index (χ1) is 8.08. The van der Waals surface area contributed by atoms with Gasteiger partial charge in [-0.2, -0.15) is 0 Å². The fourth-order valence-electron chi connectivity index (χ4n) is 1.44. The molecule has 1 N–H and O–H groups in total. The Bertz CT molecular complexity index is 544. The summed E-state index contributed by atoms with van der Waals surface area (Å²) in [6, 6.07) is 3.35. The molecular formula is C12H12BrNO2S. The Labute approximate surface area is 112 Å². The van der Waals surface area contributed by atoms with Crippen molar-refractivity contribution in [3.8, 4) is 0 Å². The van der Waals surface area contributed by atoms with E-state index in [1.54, 1.807) is 23.5 Å². The molecule has 0 saturated heterocycles. The number of carbonyl (C=O) groups is 1. The third-order valence-electron chi connectivity index (χ3n) is 2.62. The molecule has 0 atom stereocenters. The SMILES string of the molecule is Cc1scc(CNC(=O)c2ccc(Br)o2)c1C. The minimum Gasteiger partial charge on any atom is -0.444 e. The van der Waals surface area contributed by atoms with Crippen molar-refractivity contribution in [1.29, 1.82) is 0 Å². The van der Waals surface area contributed by atoms with Gasteiger partial charge in [0.1, 0.15) is 0 Å². The maximum absolute atomic E-state index is 11.7. The van der Waals surface area contributed by atoms with Gasteiger partial charge in [0.25, 0.3) is 5.91 Å². The number of aryl methyl sites for hydroxylation is 1. The summed E-state index contributed by atoms with van der Waals surface area (Å²) in [5.41, 5.74) is 2.40. The van der Waals surface area contributed by atoms with Crippen molar-refractivity contribution in [2.24, 2.45) is 0 Å². The zero-order valence-corrected chi connectivity index (χ0v) is 11.9. The number of hydrogen-bond donors (Lipinski definition) is 1. The predicted molar refractivity (Wildman–Crippen MR) is 71.4 cm³/mol. The van der Waals surface area contributed by atoms with E-state index in [2.05, 4.69) is 40.5 Å². The third-order valence-corrected chi connectivity index (χ3v) is 4.11. The molecule has 17 heavy (non-hydrogen) atoms. The van der Waals surface area contributed by atoms with Crippen LogP contribution in [0.15, 0.2) is 26.6 Å². The zero-order chi connectivity index (χ0) is 12.4. The number of hydrogen-bond acceptors (Lipinski definition) is 3. The van der Waals surface area contributed by atoms with Gasteiger partial charge in [0.2, 0.25) is 0 Å². The van der Waals surface area contributed by atoms with Gasteiger partial charge < -0.3 is 9.73 Å². The van der Waals surface area contributed by atoms with Gasteiger partial charge in [0.05, 0.1) is 0 Å². The van der Waals surface area contributed by atoms with E-state index in [1.807, 2.05) is 0 Å². The molecule has 0 aliphatic carbocycles. The Balaban J connectivity index is 1.99. The summed E-state index contributed by atoms with van der Waals surface area (Å²) >= 11 is 4.87. The van der Waals surface area contributed by atoms with Gasteiger partial charge >= 0.3 is 0 Å². The molecule has 0 aliphatic heterocycles. The Morgan fingerprint density at radius 1 is 1.47 bits per heavy atom. The maximum Gasteiger partial charge on any atom is 0.287 e. The highest BCUT2D eigenvalue weighted by atomic mass is 79.9. The number of carbonyl (C=O) groups excluding carboxylic acids is 1. The van der Waals surface area contributed by atoms with Gasteiger partial charge in [-0.05, 0) is 58.4 Å². The van der Waals surface area contributed by atoms with E-state index in [0.29, 0.717) is 17.0 Å². The Morgan fingerprint density at radius 2 is 2.24 bits per heavy atom. The average molecular weight is 314 g/mol. The van der Waals surface area contributed by atoms with Crippen molar-refractivity contribution in [2.75, 3.05) is 0 Å². The molecule has 3 nitrogen and oxygen atoms in total. The molecule has 0 fully saturated rings. The second kappa shape index (κ2) is 5.06. The van der Waals surface area contributed by atoms with Crippen LogP contribution in [0.4, 0.5) is 0 Å². The molecule has 0 bridgehead atoms. The molecule has 5 heteroatoms. The highest BCUT2D eigenvalue weighted by molar-refractivity contribution is 9.10. The summed E-state index contributed by atoms with van der Waals surface area (Å²) in [4.78, 5) is 13.0. The second-order valence-corrected chi connectivity index (χ2v) is 5.59. The van der Waals surface area contributed by atoms with Crippen LogP contribution < -0.4 is 5.32 Å². The number of thiophene rings is 1. The van der Waals surface area contributed by atoms with E-state index in [-0.39, 0.29) is 5.91 Å². The minimum absolute atomic E-state index is 0.195. The fourth-order valence-corrected chi connectivity index (χ4v) is 2.63. The zero-order valence-electron chi connectivity index (χ0n) is 9.54. The molecule has 0 saturated carbocycles. The molecule has 0 aromatic carbocycles. The molecular weight excluding hydrogens is 302 g/mol. The van der Waals surface area contributed by atoms with Crippen molar-refractivity contribution < 1.29 is 9.21 Å². The third kappa shape index (κ3) is 2.79. The molecule has 2 aromatic rings. The van der Waals surface area contributed by atoms with E-state index in [0.717, 1.165) is 5.56 Å². The first-order valence-corrected chi connectivity index (χ1v) is 6.82. The molecule has 1 amide bonds. The summed E-state index contributed by atoms with van der Waals surface area (Å²) in [7, 11) is 0. The van der Waals surface area contributed by atoms with Gasteiger partial charge in [0.15, 0.2) is 10.4 Å². The number of amides is 1. The largest absolute Gasteiger partial charge is 0.444 e. The Morgan fingerprint density at radius 3 is 2.76 bits per heavy atom. The molecule has 0 aliphatic rings. The summed E-state index contributed by atoms with van der Waals surface area (Å²) < 4.78 is 5.74. The van der Waals surface area contributed by atoms with Gasteiger partial charge in [-0.25, -0.2) is 0 Å². The maximum atomic E-state index is 11.7. The molecule has 0 unspecified atom stereocenters. The molecule has 2 aromatic heterocycles. The summed E-state index contributed by atoms with van der Waals surface area (Å²) in [5.74, 6) is 0.125. The van der Waals surface area contributed by atoms with Crippen LogP contribution in [0, 0.1) is 13.8 Å². The monoisotopic (exact) mass is 313 g/mol. The Hall–Kier alpha value is -1.07. The molecule has 0 spiro atoms. The smallest absolute Gasteiger partial charge is 0.287 e. The second-order valence-electron chi connectivity index (χ2n) is 3.73. The standard InChI is InChI=1S/C12H12BrNO2S/c1-7-8(2)17-6-9(7)5-14-12(15)10-3-4-11(13)16-10/h3-4,6H,5H2,1-2H3,(H,14,15). The molecule has 2 rings (SSSR count). The van der Waals surface area contributed by atoms with Crippen LogP contribution in [0.25, 0.3) is 0 Å². The van der Waals surface area contributed by atoms with Gasteiger partial charge in [-0.15, -0.1) is 11.3 Å². The van der Waals surface area contributed by atoms with Crippen molar-refractivity contribution in [2.45, 2.75) is 20.4 Å². The van der Waals surface area contributed by atoms with Crippen molar-refractivity contribution >= 4 is 33.2 Å². The van der Waals surface area contributed by atoms with Crippen LogP contribution in [-0.4, -0.2) is 5.91 Å². The van der Waals surface area contributed by atoms with Crippen molar-refractivity contribution in [1.82, 2.24) is 5.32 Å². The normalized spacial score (nSPS) is 10.5. The van der Waals surface area contributed by atoms with Crippen molar-refractivity contribution in [3.05, 3.63) is 43.9 Å². The summed E-state index contributed by atoms with van der Waals surface area (Å²) in [6.45, 7) is 4.68. The summed E-state index contributed by atoms with van der Waals surface area (Å²) in [5, 5.41) is 4.91. The highest BCUT2D eigenvalue weighted by Crippen LogP contribution is 2.20. The highest BCUT2D eigenvalue weighted by Gasteiger charge is 2.11. The molecule has 0 radical (unpaired) electrons. The Kier molecular flexibility index (Phi) is 3.69. The lowest BCUT2D eigenvalue weighted by atomic mass is 10.2. The van der Waals surface area contributed by atoms with Crippen molar-refractivity contribution in [3.63, 3.8) is 0 Å². The first kappa shape index (κ1) is 12.4. The quantitative estimate of drug-likeness (QED) is 0.939. The lowest BCUT2D eigenvalue weighted by Gasteiger charge is -2.02. The van der Waals surface area contributed by atoms with Crippen LogP contribution in [0.1, 0.15) is 26.6 Å².